The molecular weight excluding hydrogens is 144 g/mol. The summed E-state index contributed by atoms with van der Waals surface area (Å²) in [5, 5.41) is 0. The van der Waals surface area contributed by atoms with Crippen molar-refractivity contribution in [3.8, 4) is 11.5 Å². The first-order valence-electron chi connectivity index (χ1n) is 3.05. The zero-order valence-electron chi connectivity index (χ0n) is 6.13. The number of methoxy groups -OCH3 is 1. The monoisotopic (exact) mass is 154 g/mol. The summed E-state index contributed by atoms with van der Waals surface area (Å²) in [6.45, 7) is 0. The number of hydrogen-bond donors (Lipinski definition) is 0. The Morgan fingerprint density at radius 2 is 1.60 bits per heavy atom. The van der Waals surface area contributed by atoms with E-state index in [0.29, 0.717) is 0 Å². The van der Waals surface area contributed by atoms with Crippen molar-refractivity contribution in [2.45, 2.75) is 0 Å². The van der Waals surface area contributed by atoms with Crippen LogP contribution in [-0.4, -0.2) is 17.6 Å². The molecule has 0 fully saturated rings. The summed E-state index contributed by atoms with van der Waals surface area (Å²) in [7, 11) is 2.38. The molecule has 54 valence electrons. The molecule has 0 unspecified atom stereocenters. The molecule has 10 heavy (non-hydrogen) atoms. The van der Waals surface area contributed by atoms with Crippen LogP contribution in [0.15, 0.2) is 24.3 Å². The number of hydrogen-bond acceptors (Lipinski definition) is 2. The van der Waals surface area contributed by atoms with Crippen LogP contribution in [0.1, 0.15) is 0 Å². The molecule has 1 rings (SSSR count). The van der Waals surface area contributed by atoms with Gasteiger partial charge in [0.1, 0.15) is 11.5 Å². The Hall–Kier alpha value is -0.963. The lowest BCUT2D eigenvalue weighted by Crippen LogP contribution is -1.85. The Bertz CT molecular complexity index is 172. The van der Waals surface area contributed by atoms with Crippen molar-refractivity contribution in [2.75, 3.05) is 7.11 Å². The zero-order valence-corrected chi connectivity index (χ0v) is 8.13. The highest BCUT2D eigenvalue weighted by molar-refractivity contribution is 5.99. The van der Waals surface area contributed by atoms with Crippen LogP contribution in [0.3, 0.4) is 0 Å². The van der Waals surface area contributed by atoms with Crippen LogP contribution in [0.5, 0.6) is 11.5 Å². The van der Waals surface area contributed by atoms with Crippen molar-refractivity contribution in [1.82, 2.24) is 0 Å². The second kappa shape index (κ2) is 3.27. The highest BCUT2D eigenvalue weighted by Crippen LogP contribution is 2.15. The van der Waals surface area contributed by atoms with Crippen LogP contribution < -0.4 is 9.16 Å². The van der Waals surface area contributed by atoms with E-state index in [0.717, 1.165) is 22.0 Å². The Kier molecular flexibility index (Phi) is 2.34. The second-order valence-electron chi connectivity index (χ2n) is 1.88. The topological polar surface area (TPSA) is 18.5 Å². The maximum Gasteiger partial charge on any atom is 0.204 e. The van der Waals surface area contributed by atoms with Crippen LogP contribution in [0.2, 0.25) is 0 Å². The maximum atomic E-state index is 5.10. The van der Waals surface area contributed by atoms with E-state index in [4.69, 9.17) is 9.16 Å². The van der Waals surface area contributed by atoms with E-state index in [1.54, 1.807) is 7.11 Å². The van der Waals surface area contributed by atoms with Gasteiger partial charge in [0.2, 0.25) is 10.5 Å². The summed E-state index contributed by atoms with van der Waals surface area (Å²) in [4.78, 5) is 0. The van der Waals surface area contributed by atoms with Crippen LogP contribution in [-0.2, 0) is 0 Å². The van der Waals surface area contributed by atoms with E-state index in [-0.39, 0.29) is 0 Å². The third-order valence-corrected chi connectivity index (χ3v) is 1.77. The Morgan fingerprint density at radius 3 is 2.00 bits per heavy atom. The third-order valence-electron chi connectivity index (χ3n) is 1.30. The summed E-state index contributed by atoms with van der Waals surface area (Å²) in [5.41, 5.74) is 0. The van der Waals surface area contributed by atoms with E-state index in [1.807, 2.05) is 24.3 Å². The van der Waals surface area contributed by atoms with Crippen molar-refractivity contribution >= 4 is 10.5 Å². The van der Waals surface area contributed by atoms with Crippen LogP contribution in [0.4, 0.5) is 0 Å². The van der Waals surface area contributed by atoms with Gasteiger partial charge in [0.05, 0.1) is 7.11 Å². The minimum atomic E-state index is 0.735. The molecular formula is C7H10O2Si. The molecule has 0 saturated heterocycles. The standard InChI is InChI=1S/C7H10O2Si/c1-8-6-2-4-7(9-10)5-3-6/h2-5H,1,10H3. The molecule has 0 heterocycles. The molecule has 0 bridgehead atoms. The van der Waals surface area contributed by atoms with Crippen molar-refractivity contribution in [3.05, 3.63) is 24.3 Å². The number of rotatable bonds is 2. The smallest absolute Gasteiger partial charge is 0.204 e. The Labute approximate surface area is 63.3 Å². The molecule has 1 aromatic carbocycles. The van der Waals surface area contributed by atoms with Gasteiger partial charge >= 0.3 is 0 Å². The first-order chi connectivity index (χ1) is 4.86. The molecule has 0 aliphatic heterocycles. The quantitative estimate of drug-likeness (QED) is 0.572. The molecule has 0 atom stereocenters. The molecule has 0 amide bonds. The molecule has 0 aliphatic carbocycles. The lowest BCUT2D eigenvalue weighted by Gasteiger charge is -2.01. The fraction of sp³-hybridized carbons (Fsp3) is 0.143. The van der Waals surface area contributed by atoms with Crippen molar-refractivity contribution in [1.29, 1.82) is 0 Å². The minimum Gasteiger partial charge on any atom is -0.553 e. The summed E-state index contributed by atoms with van der Waals surface area (Å²) >= 11 is 0. The fourth-order valence-corrected chi connectivity index (χ4v) is 0.984. The maximum absolute atomic E-state index is 5.10. The molecule has 0 aromatic heterocycles. The molecule has 0 saturated carbocycles. The Balaban J connectivity index is 2.80. The summed E-state index contributed by atoms with van der Waals surface area (Å²) in [6, 6.07) is 7.55. The number of benzene rings is 1. The Morgan fingerprint density at radius 1 is 1.10 bits per heavy atom. The van der Waals surface area contributed by atoms with Gasteiger partial charge in [-0.3, -0.25) is 0 Å². The van der Waals surface area contributed by atoms with Gasteiger partial charge in [-0.15, -0.1) is 0 Å². The SMILES string of the molecule is COc1ccc(O[SiH3])cc1. The van der Waals surface area contributed by atoms with E-state index >= 15 is 0 Å². The zero-order chi connectivity index (χ0) is 7.40. The average molecular weight is 154 g/mol. The van der Waals surface area contributed by atoms with Crippen molar-refractivity contribution in [2.24, 2.45) is 0 Å². The van der Waals surface area contributed by atoms with Crippen LogP contribution >= 0.6 is 0 Å². The van der Waals surface area contributed by atoms with Gasteiger partial charge in [-0.1, -0.05) is 0 Å². The normalized spacial score (nSPS) is 9.30. The van der Waals surface area contributed by atoms with E-state index in [9.17, 15) is 0 Å². The average Bonchev–Trinajstić information content (AvgIpc) is 2.05. The summed E-state index contributed by atoms with van der Waals surface area (Å²) in [6.07, 6.45) is 0. The first-order valence-corrected chi connectivity index (χ1v) is 3.86. The van der Waals surface area contributed by atoms with Gasteiger partial charge in [0.25, 0.3) is 0 Å². The van der Waals surface area contributed by atoms with Gasteiger partial charge < -0.3 is 9.16 Å². The molecule has 0 radical (unpaired) electrons. The van der Waals surface area contributed by atoms with Gasteiger partial charge in [-0.25, -0.2) is 0 Å². The van der Waals surface area contributed by atoms with Crippen molar-refractivity contribution < 1.29 is 9.16 Å². The largest absolute Gasteiger partial charge is 0.553 e. The van der Waals surface area contributed by atoms with Gasteiger partial charge in [-0.2, -0.15) is 0 Å². The van der Waals surface area contributed by atoms with Crippen LogP contribution in [0, 0.1) is 0 Å². The summed E-state index contributed by atoms with van der Waals surface area (Å²) in [5.74, 6) is 1.77. The summed E-state index contributed by atoms with van der Waals surface area (Å²) < 4.78 is 10.1. The second-order valence-corrected chi connectivity index (χ2v) is 2.29. The molecule has 1 aromatic rings. The first kappa shape index (κ1) is 7.15. The van der Waals surface area contributed by atoms with E-state index < -0.39 is 0 Å². The highest BCUT2D eigenvalue weighted by atomic mass is 28.2. The molecule has 0 aliphatic rings. The lowest BCUT2D eigenvalue weighted by atomic mass is 10.3. The number of ether oxygens (including phenoxy) is 1. The van der Waals surface area contributed by atoms with Gasteiger partial charge in [0.15, 0.2) is 0 Å². The highest BCUT2D eigenvalue weighted by Gasteiger charge is 1.89. The molecule has 0 N–H and O–H groups in total. The van der Waals surface area contributed by atoms with Gasteiger partial charge in [-0.05, 0) is 24.3 Å². The minimum absolute atomic E-state index is 0.735. The van der Waals surface area contributed by atoms with Crippen LogP contribution in [0.25, 0.3) is 0 Å². The lowest BCUT2D eigenvalue weighted by molar-refractivity contribution is 0.414. The molecule has 2 nitrogen and oxygen atoms in total. The third kappa shape index (κ3) is 1.51. The molecule has 3 heteroatoms. The molecule has 0 spiro atoms. The van der Waals surface area contributed by atoms with E-state index in [2.05, 4.69) is 0 Å². The van der Waals surface area contributed by atoms with Crippen molar-refractivity contribution in [3.63, 3.8) is 0 Å². The predicted octanol–water partition coefficient (Wildman–Crippen LogP) is 0.354. The predicted molar refractivity (Wildman–Crippen MR) is 43.6 cm³/mol. The van der Waals surface area contributed by atoms with Gasteiger partial charge in [0, 0.05) is 0 Å². The fourth-order valence-electron chi connectivity index (χ4n) is 0.712. The van der Waals surface area contributed by atoms with E-state index in [1.165, 1.54) is 0 Å².